The third-order valence-corrected chi connectivity index (χ3v) is 3.55. The van der Waals surface area contributed by atoms with Crippen molar-refractivity contribution in [3.05, 3.63) is 17.1 Å². The summed E-state index contributed by atoms with van der Waals surface area (Å²) < 4.78 is 5.59. The number of aryl methyl sites for hydroxylation is 1. The van der Waals surface area contributed by atoms with Gasteiger partial charge >= 0.3 is 0 Å². The first-order valence-electron chi connectivity index (χ1n) is 5.80. The molecule has 2 aromatic rings. The van der Waals surface area contributed by atoms with Gasteiger partial charge in [-0.3, -0.25) is 0 Å². The van der Waals surface area contributed by atoms with Gasteiger partial charge in [-0.25, -0.2) is 4.98 Å². The zero-order valence-electron chi connectivity index (χ0n) is 9.64. The van der Waals surface area contributed by atoms with Gasteiger partial charge in [0.25, 0.3) is 5.89 Å². The Hall–Kier alpha value is -1.27. The predicted molar refractivity (Wildman–Crippen MR) is 64.9 cm³/mol. The minimum absolute atomic E-state index is 0.581. The van der Waals surface area contributed by atoms with Gasteiger partial charge in [-0.2, -0.15) is 0 Å². The molecule has 0 spiro atoms. The summed E-state index contributed by atoms with van der Waals surface area (Å²) in [5, 5.41) is 12.5. The average molecular weight is 250 g/mol. The van der Waals surface area contributed by atoms with Gasteiger partial charge in [0, 0.05) is 19.0 Å². The highest BCUT2D eigenvalue weighted by molar-refractivity contribution is 7.14. The van der Waals surface area contributed by atoms with Crippen molar-refractivity contribution in [2.75, 3.05) is 6.54 Å². The quantitative estimate of drug-likeness (QED) is 0.876. The van der Waals surface area contributed by atoms with Gasteiger partial charge < -0.3 is 9.73 Å². The van der Waals surface area contributed by atoms with Crippen LogP contribution in [0.5, 0.6) is 0 Å². The van der Waals surface area contributed by atoms with E-state index in [9.17, 15) is 0 Å². The van der Waals surface area contributed by atoms with Crippen molar-refractivity contribution in [2.45, 2.75) is 32.2 Å². The van der Waals surface area contributed by atoms with Crippen molar-refractivity contribution < 1.29 is 4.42 Å². The monoisotopic (exact) mass is 250 g/mol. The SMILES string of the molecule is Cc1ncc(-c2nnc(CCNC3CC3)o2)s1. The molecule has 2 heterocycles. The molecule has 0 atom stereocenters. The molecule has 1 N–H and O–H groups in total. The Balaban J connectivity index is 1.61. The zero-order valence-corrected chi connectivity index (χ0v) is 10.5. The largest absolute Gasteiger partial charge is 0.420 e. The Labute approximate surface area is 103 Å². The van der Waals surface area contributed by atoms with Gasteiger partial charge in [0.05, 0.1) is 11.2 Å². The summed E-state index contributed by atoms with van der Waals surface area (Å²) in [5.74, 6) is 1.27. The van der Waals surface area contributed by atoms with Crippen molar-refractivity contribution in [1.82, 2.24) is 20.5 Å². The van der Waals surface area contributed by atoms with E-state index in [0.717, 1.165) is 28.9 Å². The number of hydrogen-bond acceptors (Lipinski definition) is 6. The molecule has 0 aliphatic heterocycles. The maximum atomic E-state index is 5.59. The summed E-state index contributed by atoms with van der Waals surface area (Å²) in [5.41, 5.74) is 0. The first kappa shape index (κ1) is 10.9. The summed E-state index contributed by atoms with van der Waals surface area (Å²) in [6.07, 6.45) is 5.17. The molecular formula is C11H14N4OS. The van der Waals surface area contributed by atoms with Crippen LogP contribution in [0.4, 0.5) is 0 Å². The van der Waals surface area contributed by atoms with Gasteiger partial charge in [-0.05, 0) is 19.8 Å². The summed E-state index contributed by atoms with van der Waals surface area (Å²) >= 11 is 1.57. The molecule has 5 nitrogen and oxygen atoms in total. The number of nitrogens with one attached hydrogen (secondary N) is 1. The Bertz CT molecular complexity index is 503. The molecule has 0 saturated heterocycles. The van der Waals surface area contributed by atoms with Crippen LogP contribution in [-0.2, 0) is 6.42 Å². The molecule has 6 heteroatoms. The van der Waals surface area contributed by atoms with Crippen LogP contribution in [0.15, 0.2) is 10.6 Å². The third-order valence-electron chi connectivity index (χ3n) is 2.65. The van der Waals surface area contributed by atoms with Crippen LogP contribution in [0.1, 0.15) is 23.7 Å². The fourth-order valence-electron chi connectivity index (χ4n) is 1.59. The van der Waals surface area contributed by atoms with Crippen molar-refractivity contribution in [2.24, 2.45) is 0 Å². The predicted octanol–water partition coefficient (Wildman–Crippen LogP) is 1.80. The van der Waals surface area contributed by atoms with Gasteiger partial charge in [-0.1, -0.05) is 0 Å². The van der Waals surface area contributed by atoms with Crippen LogP contribution < -0.4 is 5.32 Å². The van der Waals surface area contributed by atoms with Crippen LogP contribution in [0.25, 0.3) is 10.8 Å². The second-order valence-electron chi connectivity index (χ2n) is 4.22. The second-order valence-corrected chi connectivity index (χ2v) is 5.46. The highest BCUT2D eigenvalue weighted by Gasteiger charge is 2.20. The topological polar surface area (TPSA) is 63.8 Å². The molecule has 0 radical (unpaired) electrons. The number of thiazole rings is 1. The molecule has 0 unspecified atom stereocenters. The fraction of sp³-hybridized carbons (Fsp3) is 0.545. The van der Waals surface area contributed by atoms with Gasteiger partial charge in [0.1, 0.15) is 4.88 Å². The van der Waals surface area contributed by atoms with Crippen LogP contribution in [0, 0.1) is 6.92 Å². The minimum atomic E-state index is 0.581. The van der Waals surface area contributed by atoms with E-state index in [2.05, 4.69) is 20.5 Å². The zero-order chi connectivity index (χ0) is 11.7. The van der Waals surface area contributed by atoms with E-state index in [0.29, 0.717) is 11.8 Å². The van der Waals surface area contributed by atoms with Crippen molar-refractivity contribution >= 4 is 11.3 Å². The van der Waals surface area contributed by atoms with Crippen molar-refractivity contribution in [3.8, 4) is 10.8 Å². The molecular weight excluding hydrogens is 236 g/mol. The highest BCUT2D eigenvalue weighted by Crippen LogP contribution is 2.24. The van der Waals surface area contributed by atoms with E-state index in [1.165, 1.54) is 12.8 Å². The second kappa shape index (κ2) is 4.54. The Morgan fingerprint density at radius 2 is 2.35 bits per heavy atom. The lowest BCUT2D eigenvalue weighted by Gasteiger charge is -1.97. The standard InChI is InChI=1S/C11H14N4OS/c1-7-13-6-9(17-7)11-15-14-10(16-11)4-5-12-8-2-3-8/h6,8,12H,2-5H2,1H3. The Morgan fingerprint density at radius 3 is 3.06 bits per heavy atom. The summed E-state index contributed by atoms with van der Waals surface area (Å²) in [6, 6.07) is 0.724. The lowest BCUT2D eigenvalue weighted by Crippen LogP contribution is -2.19. The molecule has 1 fully saturated rings. The van der Waals surface area contributed by atoms with Crippen molar-refractivity contribution in [3.63, 3.8) is 0 Å². The van der Waals surface area contributed by atoms with E-state index in [-0.39, 0.29) is 0 Å². The van der Waals surface area contributed by atoms with E-state index in [1.807, 2.05) is 6.92 Å². The van der Waals surface area contributed by atoms with Crippen molar-refractivity contribution in [1.29, 1.82) is 0 Å². The number of nitrogens with zero attached hydrogens (tertiary/aromatic N) is 3. The maximum Gasteiger partial charge on any atom is 0.259 e. The molecule has 17 heavy (non-hydrogen) atoms. The lowest BCUT2D eigenvalue weighted by atomic mass is 10.4. The summed E-state index contributed by atoms with van der Waals surface area (Å²) in [7, 11) is 0. The van der Waals surface area contributed by atoms with Crippen LogP contribution in [-0.4, -0.2) is 27.8 Å². The smallest absolute Gasteiger partial charge is 0.259 e. The lowest BCUT2D eigenvalue weighted by molar-refractivity contribution is 0.495. The molecule has 2 aromatic heterocycles. The summed E-state index contributed by atoms with van der Waals surface area (Å²) in [4.78, 5) is 5.12. The Kier molecular flexibility index (Phi) is 2.90. The first-order chi connectivity index (χ1) is 8.31. The van der Waals surface area contributed by atoms with Gasteiger partial charge in [0.15, 0.2) is 0 Å². The molecule has 1 aliphatic carbocycles. The van der Waals surface area contributed by atoms with E-state index >= 15 is 0 Å². The molecule has 0 bridgehead atoms. The van der Waals surface area contributed by atoms with Crippen LogP contribution in [0.3, 0.4) is 0 Å². The van der Waals surface area contributed by atoms with E-state index < -0.39 is 0 Å². The summed E-state index contributed by atoms with van der Waals surface area (Å²) in [6.45, 7) is 2.87. The number of rotatable bonds is 5. The van der Waals surface area contributed by atoms with Gasteiger partial charge in [0.2, 0.25) is 5.89 Å². The molecule has 0 aromatic carbocycles. The number of hydrogen-bond donors (Lipinski definition) is 1. The number of aromatic nitrogens is 3. The van der Waals surface area contributed by atoms with Crippen LogP contribution >= 0.6 is 11.3 Å². The fourth-order valence-corrected chi connectivity index (χ4v) is 2.28. The average Bonchev–Trinajstić information content (AvgIpc) is 2.85. The maximum absolute atomic E-state index is 5.59. The minimum Gasteiger partial charge on any atom is -0.420 e. The normalized spacial score (nSPS) is 15.4. The van der Waals surface area contributed by atoms with E-state index in [1.54, 1.807) is 17.5 Å². The Morgan fingerprint density at radius 1 is 1.47 bits per heavy atom. The highest BCUT2D eigenvalue weighted by atomic mass is 32.1. The third kappa shape index (κ3) is 2.70. The molecule has 1 saturated carbocycles. The van der Waals surface area contributed by atoms with Gasteiger partial charge in [-0.15, -0.1) is 21.5 Å². The van der Waals surface area contributed by atoms with E-state index in [4.69, 9.17) is 4.42 Å². The molecule has 90 valence electrons. The molecule has 1 aliphatic rings. The molecule has 0 amide bonds. The first-order valence-corrected chi connectivity index (χ1v) is 6.61. The van der Waals surface area contributed by atoms with Crippen LogP contribution in [0.2, 0.25) is 0 Å². The molecule has 3 rings (SSSR count).